The molecular weight excluding hydrogens is 132 g/mol. The van der Waals surface area contributed by atoms with Gasteiger partial charge in [-0.15, -0.1) is 0 Å². The number of hydrogen-bond acceptors (Lipinski definition) is 0. The standard InChI is InChI=1S/C11H20/c1-6-7-11(10(4)5)8-9(2)3/h7-8,10H,6H2,1-5H3/b11-7+. The zero-order chi connectivity index (χ0) is 8.85. The van der Waals surface area contributed by atoms with Gasteiger partial charge in [0.05, 0.1) is 0 Å². The molecule has 0 heterocycles. The van der Waals surface area contributed by atoms with E-state index < -0.39 is 0 Å². The molecule has 64 valence electrons. The van der Waals surface area contributed by atoms with Crippen LogP contribution < -0.4 is 0 Å². The minimum atomic E-state index is 0.657. The molecule has 0 aliphatic rings. The van der Waals surface area contributed by atoms with Crippen molar-refractivity contribution in [1.82, 2.24) is 0 Å². The van der Waals surface area contributed by atoms with Gasteiger partial charge in [-0.25, -0.2) is 0 Å². The van der Waals surface area contributed by atoms with Crippen LogP contribution in [0.4, 0.5) is 0 Å². The van der Waals surface area contributed by atoms with Crippen molar-refractivity contribution in [2.24, 2.45) is 5.92 Å². The van der Waals surface area contributed by atoms with Crippen molar-refractivity contribution in [3.63, 3.8) is 0 Å². The Labute approximate surface area is 71.0 Å². The third kappa shape index (κ3) is 4.83. The first kappa shape index (κ1) is 10.5. The fourth-order valence-corrected chi connectivity index (χ4v) is 1.03. The zero-order valence-corrected chi connectivity index (χ0v) is 8.44. The van der Waals surface area contributed by atoms with Gasteiger partial charge in [0.1, 0.15) is 0 Å². The lowest BCUT2D eigenvalue weighted by atomic mass is 10.0. The van der Waals surface area contributed by atoms with Gasteiger partial charge in [0.2, 0.25) is 0 Å². The van der Waals surface area contributed by atoms with Crippen molar-refractivity contribution in [1.29, 1.82) is 0 Å². The Bertz CT molecular complexity index is 155. The summed E-state index contributed by atoms with van der Waals surface area (Å²) in [5, 5.41) is 0. The maximum Gasteiger partial charge on any atom is -0.0222 e. The van der Waals surface area contributed by atoms with Gasteiger partial charge in [0.15, 0.2) is 0 Å². The van der Waals surface area contributed by atoms with E-state index in [2.05, 4.69) is 46.8 Å². The van der Waals surface area contributed by atoms with Crippen LogP contribution in [0.3, 0.4) is 0 Å². The van der Waals surface area contributed by atoms with Gasteiger partial charge in [0.25, 0.3) is 0 Å². The van der Waals surface area contributed by atoms with E-state index in [1.807, 2.05) is 0 Å². The van der Waals surface area contributed by atoms with E-state index in [0.29, 0.717) is 5.92 Å². The van der Waals surface area contributed by atoms with Gasteiger partial charge in [-0.2, -0.15) is 0 Å². The smallest absolute Gasteiger partial charge is 0.0222 e. The lowest BCUT2D eigenvalue weighted by Crippen LogP contribution is -1.90. The molecule has 11 heavy (non-hydrogen) atoms. The summed E-state index contributed by atoms with van der Waals surface area (Å²) in [5.41, 5.74) is 2.85. The molecular formula is C11H20. The molecule has 0 aliphatic heterocycles. The lowest BCUT2D eigenvalue weighted by molar-refractivity contribution is 0.783. The van der Waals surface area contributed by atoms with Gasteiger partial charge >= 0.3 is 0 Å². The van der Waals surface area contributed by atoms with Crippen LogP contribution in [-0.4, -0.2) is 0 Å². The van der Waals surface area contributed by atoms with Gasteiger partial charge in [0, 0.05) is 0 Å². The van der Waals surface area contributed by atoms with Crippen LogP contribution in [0.2, 0.25) is 0 Å². The molecule has 0 saturated carbocycles. The largest absolute Gasteiger partial charge is 0.0813 e. The van der Waals surface area contributed by atoms with Crippen molar-refractivity contribution < 1.29 is 0 Å². The molecule has 0 radical (unpaired) electrons. The first-order chi connectivity index (χ1) is 5.07. The summed E-state index contributed by atoms with van der Waals surface area (Å²) in [4.78, 5) is 0. The monoisotopic (exact) mass is 152 g/mol. The summed E-state index contributed by atoms with van der Waals surface area (Å²) in [5.74, 6) is 0.657. The van der Waals surface area contributed by atoms with Crippen LogP contribution in [0.5, 0.6) is 0 Å². The average Bonchev–Trinajstić information content (AvgIpc) is 1.86. The normalized spacial score (nSPS) is 12.0. The first-order valence-corrected chi connectivity index (χ1v) is 4.42. The SMILES string of the molecule is CC/C=C(\C=C(C)C)C(C)C. The van der Waals surface area contributed by atoms with E-state index in [0.717, 1.165) is 6.42 Å². The Hall–Kier alpha value is -0.520. The Morgan fingerprint density at radius 1 is 1.27 bits per heavy atom. The van der Waals surface area contributed by atoms with E-state index in [9.17, 15) is 0 Å². The second kappa shape index (κ2) is 5.17. The quantitative estimate of drug-likeness (QED) is 0.537. The lowest BCUT2D eigenvalue weighted by Gasteiger charge is -2.06. The second-order valence-electron chi connectivity index (χ2n) is 3.49. The molecule has 0 aromatic carbocycles. The minimum absolute atomic E-state index is 0.657. The van der Waals surface area contributed by atoms with Gasteiger partial charge in [-0.05, 0) is 31.8 Å². The van der Waals surface area contributed by atoms with E-state index in [-0.39, 0.29) is 0 Å². The average molecular weight is 152 g/mol. The molecule has 0 aromatic heterocycles. The maximum atomic E-state index is 2.30. The summed E-state index contributed by atoms with van der Waals surface area (Å²) in [7, 11) is 0. The highest BCUT2D eigenvalue weighted by molar-refractivity contribution is 5.23. The highest BCUT2D eigenvalue weighted by Gasteiger charge is 1.97. The van der Waals surface area contributed by atoms with Crippen LogP contribution in [-0.2, 0) is 0 Å². The molecule has 0 spiro atoms. The van der Waals surface area contributed by atoms with E-state index >= 15 is 0 Å². The van der Waals surface area contributed by atoms with Crippen molar-refractivity contribution in [2.75, 3.05) is 0 Å². The van der Waals surface area contributed by atoms with Crippen LogP contribution in [0.15, 0.2) is 23.3 Å². The van der Waals surface area contributed by atoms with Crippen LogP contribution in [0.1, 0.15) is 41.0 Å². The topological polar surface area (TPSA) is 0 Å². The fraction of sp³-hybridized carbons (Fsp3) is 0.636. The van der Waals surface area contributed by atoms with E-state index in [1.165, 1.54) is 11.1 Å². The first-order valence-electron chi connectivity index (χ1n) is 4.42. The molecule has 0 saturated heterocycles. The van der Waals surface area contributed by atoms with Crippen LogP contribution >= 0.6 is 0 Å². The molecule has 0 nitrogen and oxygen atoms in total. The maximum absolute atomic E-state index is 2.30. The molecule has 0 bridgehead atoms. The Morgan fingerprint density at radius 3 is 2.09 bits per heavy atom. The second-order valence-corrected chi connectivity index (χ2v) is 3.49. The molecule has 0 rings (SSSR count). The van der Waals surface area contributed by atoms with Gasteiger partial charge in [-0.1, -0.05) is 38.5 Å². The van der Waals surface area contributed by atoms with Crippen LogP contribution in [0.25, 0.3) is 0 Å². The third-order valence-electron chi connectivity index (χ3n) is 1.56. The van der Waals surface area contributed by atoms with Crippen molar-refractivity contribution in [3.05, 3.63) is 23.3 Å². The molecule has 0 fully saturated rings. The van der Waals surface area contributed by atoms with Crippen molar-refractivity contribution >= 4 is 0 Å². The number of rotatable bonds is 3. The summed E-state index contributed by atoms with van der Waals surface area (Å²) in [6, 6.07) is 0. The van der Waals surface area contributed by atoms with E-state index in [4.69, 9.17) is 0 Å². The summed E-state index contributed by atoms with van der Waals surface area (Å²) in [6.45, 7) is 10.9. The molecule has 0 aliphatic carbocycles. The fourth-order valence-electron chi connectivity index (χ4n) is 1.03. The highest BCUT2D eigenvalue weighted by atomic mass is 14.0. The summed E-state index contributed by atoms with van der Waals surface area (Å²) >= 11 is 0. The molecule has 0 unspecified atom stereocenters. The molecule has 0 atom stereocenters. The molecule has 0 aromatic rings. The van der Waals surface area contributed by atoms with E-state index in [1.54, 1.807) is 0 Å². The minimum Gasteiger partial charge on any atom is -0.0813 e. The molecule has 0 heteroatoms. The van der Waals surface area contributed by atoms with Gasteiger partial charge in [-0.3, -0.25) is 0 Å². The Kier molecular flexibility index (Phi) is 4.93. The van der Waals surface area contributed by atoms with Crippen LogP contribution in [0, 0.1) is 5.92 Å². The third-order valence-corrected chi connectivity index (χ3v) is 1.56. The number of allylic oxidation sites excluding steroid dienone is 4. The predicted octanol–water partition coefficient (Wildman–Crippen LogP) is 3.95. The zero-order valence-electron chi connectivity index (χ0n) is 8.44. The molecule has 0 amide bonds. The van der Waals surface area contributed by atoms with Crippen molar-refractivity contribution in [3.8, 4) is 0 Å². The highest BCUT2D eigenvalue weighted by Crippen LogP contribution is 2.13. The number of hydrogen-bond donors (Lipinski definition) is 0. The Balaban J connectivity index is 4.36. The van der Waals surface area contributed by atoms with Crippen molar-refractivity contribution in [2.45, 2.75) is 41.0 Å². The summed E-state index contributed by atoms with van der Waals surface area (Å²) in [6.07, 6.45) is 5.71. The Morgan fingerprint density at radius 2 is 1.82 bits per heavy atom. The summed E-state index contributed by atoms with van der Waals surface area (Å²) < 4.78 is 0. The van der Waals surface area contributed by atoms with Gasteiger partial charge < -0.3 is 0 Å². The predicted molar refractivity (Wildman–Crippen MR) is 52.6 cm³/mol. The molecule has 0 N–H and O–H groups in total.